The first-order chi connectivity index (χ1) is 8.16. The third kappa shape index (κ3) is 2.94. The van der Waals surface area contributed by atoms with Crippen molar-refractivity contribution in [2.45, 2.75) is 25.4 Å². The maximum Gasteiger partial charge on any atom is 0.244 e. The van der Waals surface area contributed by atoms with Crippen LogP contribution in [0.1, 0.15) is 19.3 Å². The minimum Gasteiger partial charge on any atom is -0.392 e. The van der Waals surface area contributed by atoms with E-state index in [2.05, 4.69) is 10.9 Å². The molecule has 0 saturated heterocycles. The lowest BCUT2D eigenvalue weighted by molar-refractivity contribution is -0.126. The number of hydrogen-bond donors (Lipinski definition) is 3. The first-order valence-electron chi connectivity index (χ1n) is 5.66. The Labute approximate surface area is 98.8 Å². The summed E-state index contributed by atoms with van der Waals surface area (Å²) in [6, 6.07) is 5.67. The number of nitrogens with one attached hydrogen (secondary N) is 2. The van der Waals surface area contributed by atoms with Crippen LogP contribution in [0.15, 0.2) is 24.3 Å². The van der Waals surface area contributed by atoms with E-state index in [1.807, 2.05) is 0 Å². The molecule has 1 aliphatic carbocycles. The Hall–Kier alpha value is -1.62. The van der Waals surface area contributed by atoms with Crippen molar-refractivity contribution in [2.75, 3.05) is 5.43 Å². The van der Waals surface area contributed by atoms with E-state index in [4.69, 9.17) is 0 Å². The largest absolute Gasteiger partial charge is 0.392 e. The van der Waals surface area contributed by atoms with Crippen molar-refractivity contribution < 1.29 is 14.3 Å². The first-order valence-corrected chi connectivity index (χ1v) is 5.66. The molecule has 1 aliphatic rings. The average molecular weight is 238 g/mol. The average Bonchev–Trinajstić information content (AvgIpc) is 2.74. The minimum atomic E-state index is -0.551. The predicted molar refractivity (Wildman–Crippen MR) is 61.5 cm³/mol. The zero-order valence-corrected chi connectivity index (χ0v) is 9.32. The van der Waals surface area contributed by atoms with Crippen molar-refractivity contribution in [3.8, 4) is 0 Å². The molecule has 4 nitrogen and oxygen atoms in total. The fraction of sp³-hybridized carbons (Fsp3) is 0.417. The number of amides is 1. The molecule has 1 fully saturated rings. The van der Waals surface area contributed by atoms with Gasteiger partial charge in [-0.2, -0.15) is 0 Å². The maximum absolute atomic E-state index is 12.6. The van der Waals surface area contributed by atoms with Crippen LogP contribution in [0, 0.1) is 11.7 Å². The van der Waals surface area contributed by atoms with Crippen molar-refractivity contribution in [2.24, 2.45) is 5.92 Å². The van der Waals surface area contributed by atoms with Gasteiger partial charge in [-0.25, -0.2) is 4.39 Å². The normalized spacial score (nSPS) is 23.4. The third-order valence-corrected chi connectivity index (χ3v) is 2.99. The van der Waals surface area contributed by atoms with Gasteiger partial charge in [-0.15, -0.1) is 0 Å². The van der Waals surface area contributed by atoms with E-state index in [0.29, 0.717) is 18.5 Å². The van der Waals surface area contributed by atoms with Gasteiger partial charge in [0, 0.05) is 0 Å². The summed E-state index contributed by atoms with van der Waals surface area (Å²) in [6.45, 7) is 0. The molecule has 1 amide bonds. The first kappa shape index (κ1) is 11.9. The molecule has 0 bridgehead atoms. The fourth-order valence-electron chi connectivity index (χ4n) is 2.01. The molecule has 17 heavy (non-hydrogen) atoms. The number of carbonyl (C=O) groups excluding carboxylic acids is 1. The van der Waals surface area contributed by atoms with E-state index in [0.717, 1.165) is 6.42 Å². The fourth-order valence-corrected chi connectivity index (χ4v) is 2.01. The second kappa shape index (κ2) is 5.14. The van der Waals surface area contributed by atoms with E-state index < -0.39 is 6.10 Å². The zero-order valence-electron chi connectivity index (χ0n) is 9.32. The molecule has 1 saturated carbocycles. The van der Waals surface area contributed by atoms with Gasteiger partial charge in [-0.05, 0) is 43.5 Å². The maximum atomic E-state index is 12.6. The summed E-state index contributed by atoms with van der Waals surface area (Å²) in [4.78, 5) is 11.7. The zero-order chi connectivity index (χ0) is 12.3. The summed E-state index contributed by atoms with van der Waals surface area (Å²) < 4.78 is 12.6. The molecular weight excluding hydrogens is 223 g/mol. The Balaban J connectivity index is 1.85. The van der Waals surface area contributed by atoms with Crippen molar-refractivity contribution in [3.05, 3.63) is 30.1 Å². The van der Waals surface area contributed by atoms with Crippen molar-refractivity contribution in [1.82, 2.24) is 5.43 Å². The summed E-state index contributed by atoms with van der Waals surface area (Å²) >= 11 is 0. The van der Waals surface area contributed by atoms with Gasteiger partial charge in [0.2, 0.25) is 5.91 Å². The number of aliphatic hydroxyl groups is 1. The van der Waals surface area contributed by atoms with Gasteiger partial charge in [0.15, 0.2) is 0 Å². The van der Waals surface area contributed by atoms with Crippen LogP contribution in [0.3, 0.4) is 0 Å². The molecule has 0 spiro atoms. The topological polar surface area (TPSA) is 61.4 Å². The molecule has 2 unspecified atom stereocenters. The van der Waals surface area contributed by atoms with Crippen LogP contribution in [-0.2, 0) is 4.79 Å². The minimum absolute atomic E-state index is 0.223. The second-order valence-corrected chi connectivity index (χ2v) is 4.23. The molecule has 0 heterocycles. The molecule has 92 valence electrons. The van der Waals surface area contributed by atoms with Gasteiger partial charge in [0.05, 0.1) is 17.7 Å². The number of hydrogen-bond acceptors (Lipinski definition) is 3. The lowest BCUT2D eigenvalue weighted by Crippen LogP contribution is -2.38. The Morgan fingerprint density at radius 1 is 1.29 bits per heavy atom. The number of halogens is 1. The Morgan fingerprint density at radius 2 is 2.00 bits per heavy atom. The molecule has 2 atom stereocenters. The number of benzene rings is 1. The lowest BCUT2D eigenvalue weighted by Gasteiger charge is -2.15. The van der Waals surface area contributed by atoms with E-state index >= 15 is 0 Å². The highest BCUT2D eigenvalue weighted by Gasteiger charge is 2.31. The summed E-state index contributed by atoms with van der Waals surface area (Å²) in [7, 11) is 0. The van der Waals surface area contributed by atoms with Gasteiger partial charge >= 0.3 is 0 Å². The molecule has 3 N–H and O–H groups in total. The number of rotatable bonds is 3. The summed E-state index contributed by atoms with van der Waals surface area (Å²) in [5.74, 6) is -0.893. The summed E-state index contributed by atoms with van der Waals surface area (Å²) in [5.41, 5.74) is 5.82. The highest BCUT2D eigenvalue weighted by molar-refractivity contribution is 5.80. The lowest BCUT2D eigenvalue weighted by atomic mass is 10.1. The molecule has 5 heteroatoms. The van der Waals surface area contributed by atoms with Crippen LogP contribution in [0.4, 0.5) is 10.1 Å². The molecule has 1 aromatic carbocycles. The number of aliphatic hydroxyl groups excluding tert-OH is 1. The summed E-state index contributed by atoms with van der Waals surface area (Å²) in [5, 5.41) is 9.55. The van der Waals surface area contributed by atoms with Crippen molar-refractivity contribution >= 4 is 11.6 Å². The monoisotopic (exact) mass is 238 g/mol. The van der Waals surface area contributed by atoms with Crippen LogP contribution in [0.2, 0.25) is 0 Å². The van der Waals surface area contributed by atoms with Gasteiger partial charge in [0.25, 0.3) is 0 Å². The van der Waals surface area contributed by atoms with Crippen LogP contribution in [0.5, 0.6) is 0 Å². The van der Waals surface area contributed by atoms with Crippen molar-refractivity contribution in [1.29, 1.82) is 0 Å². The highest BCUT2D eigenvalue weighted by atomic mass is 19.1. The number of carbonyl (C=O) groups is 1. The highest BCUT2D eigenvalue weighted by Crippen LogP contribution is 2.25. The molecule has 2 rings (SSSR count). The van der Waals surface area contributed by atoms with Gasteiger partial charge < -0.3 is 5.11 Å². The Kier molecular flexibility index (Phi) is 3.58. The van der Waals surface area contributed by atoms with E-state index in [1.165, 1.54) is 24.3 Å². The predicted octanol–water partition coefficient (Wildman–Crippen LogP) is 1.43. The molecule has 0 aliphatic heterocycles. The summed E-state index contributed by atoms with van der Waals surface area (Å²) in [6.07, 6.45) is 1.70. The van der Waals surface area contributed by atoms with Crippen molar-refractivity contribution in [3.63, 3.8) is 0 Å². The number of anilines is 1. The van der Waals surface area contributed by atoms with Gasteiger partial charge in [-0.1, -0.05) is 0 Å². The Morgan fingerprint density at radius 3 is 2.59 bits per heavy atom. The van der Waals surface area contributed by atoms with Crippen LogP contribution in [0.25, 0.3) is 0 Å². The molecule has 0 aromatic heterocycles. The van der Waals surface area contributed by atoms with Crippen LogP contribution in [-0.4, -0.2) is 17.1 Å². The van der Waals surface area contributed by atoms with Gasteiger partial charge in [0.1, 0.15) is 5.82 Å². The molecule has 0 radical (unpaired) electrons. The SMILES string of the molecule is O=C(NNc1ccc(F)cc1)C1CCCC1O. The van der Waals surface area contributed by atoms with E-state index in [-0.39, 0.29) is 17.6 Å². The van der Waals surface area contributed by atoms with Crippen LogP contribution >= 0.6 is 0 Å². The standard InChI is InChI=1S/C12H15FN2O2/c13-8-4-6-9(7-5-8)14-15-12(17)10-2-1-3-11(10)16/h4-7,10-11,14,16H,1-3H2,(H,15,17). The second-order valence-electron chi connectivity index (χ2n) is 4.23. The van der Waals surface area contributed by atoms with Crippen LogP contribution < -0.4 is 10.9 Å². The van der Waals surface area contributed by atoms with E-state index in [9.17, 15) is 14.3 Å². The molecule has 1 aromatic rings. The molecular formula is C12H15FN2O2. The Bertz CT molecular complexity index is 394. The number of hydrazine groups is 1. The quantitative estimate of drug-likeness (QED) is 0.698. The van der Waals surface area contributed by atoms with Gasteiger partial charge in [-0.3, -0.25) is 15.6 Å². The third-order valence-electron chi connectivity index (χ3n) is 2.99. The smallest absolute Gasteiger partial charge is 0.244 e. The van der Waals surface area contributed by atoms with E-state index in [1.54, 1.807) is 0 Å².